The van der Waals surface area contributed by atoms with Crippen LogP contribution in [-0.4, -0.2) is 53.8 Å². The summed E-state index contributed by atoms with van der Waals surface area (Å²) < 4.78 is 27.7. The topological polar surface area (TPSA) is 104 Å². The lowest BCUT2D eigenvalue weighted by molar-refractivity contribution is 0.102. The number of rotatable bonds is 5. The number of benzene rings is 3. The quantitative estimate of drug-likeness (QED) is 0.388. The van der Waals surface area contributed by atoms with E-state index in [-0.39, 0.29) is 22.9 Å². The number of hydrogen-bond donors (Lipinski definition) is 2. The lowest BCUT2D eigenvalue weighted by Crippen LogP contribution is -2.55. The van der Waals surface area contributed by atoms with Gasteiger partial charge in [0, 0.05) is 42.0 Å². The van der Waals surface area contributed by atoms with Crippen molar-refractivity contribution in [1.82, 2.24) is 19.6 Å². The number of nitrogens with one attached hydrogen (secondary N) is 2. The van der Waals surface area contributed by atoms with Gasteiger partial charge in [-0.1, -0.05) is 23.7 Å². The Bertz CT molecular complexity index is 1570. The van der Waals surface area contributed by atoms with Crippen LogP contribution < -0.4 is 10.6 Å². The third-order valence-electron chi connectivity index (χ3n) is 6.23. The minimum absolute atomic E-state index is 0.0634. The molecule has 10 heteroatoms. The normalized spacial score (nSPS) is 18.6. The van der Waals surface area contributed by atoms with E-state index in [1.54, 1.807) is 24.4 Å². The Hall–Kier alpha value is -3.37. The van der Waals surface area contributed by atoms with Gasteiger partial charge in [-0.25, -0.2) is 13.4 Å². The molecule has 3 aromatic carbocycles. The molecule has 1 aliphatic rings. The Morgan fingerprint density at radius 1 is 1.00 bits per heavy atom. The average Bonchev–Trinajstić information content (AvgIpc) is 2.89. The number of amides is 1. The van der Waals surface area contributed by atoms with E-state index in [2.05, 4.69) is 20.6 Å². The van der Waals surface area contributed by atoms with Crippen LogP contribution in [0.4, 0.5) is 5.69 Å². The standard InChI is InChI=1S/C27H26ClN5O3S/c1-17-15-33(16-18(2)30-17)37(35,36)21-10-7-19(8-11-21)27(34)31-20-9-12-23(28)22(13-20)26-14-29-24-5-3-4-6-25(24)32-26/h3-14,17-18,30H,15-16H2,1-2H3,(H,31,34). The number of piperazine rings is 1. The molecule has 37 heavy (non-hydrogen) atoms. The fourth-order valence-corrected chi connectivity index (χ4v) is 6.32. The van der Waals surface area contributed by atoms with Gasteiger partial charge in [0.25, 0.3) is 5.91 Å². The Morgan fingerprint density at radius 3 is 2.38 bits per heavy atom. The van der Waals surface area contributed by atoms with Gasteiger partial charge in [-0.3, -0.25) is 9.78 Å². The summed E-state index contributed by atoms with van der Waals surface area (Å²) in [5.74, 6) is -0.369. The Balaban J connectivity index is 1.34. The number of carbonyl (C=O) groups is 1. The molecule has 0 radical (unpaired) electrons. The van der Waals surface area contributed by atoms with Crippen LogP contribution in [-0.2, 0) is 10.0 Å². The number of para-hydroxylation sites is 2. The molecule has 0 saturated carbocycles. The van der Waals surface area contributed by atoms with E-state index in [4.69, 9.17) is 11.6 Å². The molecule has 4 aromatic rings. The van der Waals surface area contributed by atoms with Crippen LogP contribution in [0, 0.1) is 0 Å². The molecule has 0 bridgehead atoms. The van der Waals surface area contributed by atoms with Crippen molar-refractivity contribution < 1.29 is 13.2 Å². The Morgan fingerprint density at radius 2 is 1.68 bits per heavy atom. The first-order chi connectivity index (χ1) is 17.7. The molecule has 190 valence electrons. The molecule has 1 aromatic heterocycles. The maximum atomic E-state index is 13.1. The first-order valence-electron chi connectivity index (χ1n) is 11.9. The van der Waals surface area contributed by atoms with Crippen LogP contribution in [0.5, 0.6) is 0 Å². The van der Waals surface area contributed by atoms with Gasteiger partial charge in [-0.15, -0.1) is 0 Å². The molecular weight excluding hydrogens is 510 g/mol. The highest BCUT2D eigenvalue weighted by atomic mass is 35.5. The monoisotopic (exact) mass is 535 g/mol. The highest BCUT2D eigenvalue weighted by Crippen LogP contribution is 2.30. The summed E-state index contributed by atoms with van der Waals surface area (Å²) in [6, 6.07) is 18.8. The van der Waals surface area contributed by atoms with Crippen molar-refractivity contribution in [2.24, 2.45) is 0 Å². The highest BCUT2D eigenvalue weighted by Gasteiger charge is 2.31. The summed E-state index contributed by atoms with van der Waals surface area (Å²) in [5, 5.41) is 6.66. The molecule has 1 fully saturated rings. The van der Waals surface area contributed by atoms with E-state index in [1.165, 1.54) is 28.6 Å². The van der Waals surface area contributed by atoms with Crippen LogP contribution in [0.3, 0.4) is 0 Å². The molecule has 0 spiro atoms. The fourth-order valence-electron chi connectivity index (χ4n) is 4.49. The van der Waals surface area contributed by atoms with Gasteiger partial charge in [-0.2, -0.15) is 4.31 Å². The van der Waals surface area contributed by atoms with E-state index in [0.29, 0.717) is 40.6 Å². The number of hydrogen-bond acceptors (Lipinski definition) is 6. The van der Waals surface area contributed by atoms with Gasteiger partial charge in [0.05, 0.1) is 32.8 Å². The van der Waals surface area contributed by atoms with Gasteiger partial charge in [0.2, 0.25) is 10.0 Å². The van der Waals surface area contributed by atoms with Gasteiger partial charge in [-0.05, 0) is 68.4 Å². The molecule has 1 amide bonds. The van der Waals surface area contributed by atoms with Gasteiger partial charge >= 0.3 is 0 Å². The predicted molar refractivity (Wildman–Crippen MR) is 145 cm³/mol. The lowest BCUT2D eigenvalue weighted by Gasteiger charge is -2.35. The average molecular weight is 536 g/mol. The van der Waals surface area contributed by atoms with Gasteiger partial charge in [0.1, 0.15) is 0 Å². The number of nitrogens with zero attached hydrogens (tertiary/aromatic N) is 3. The molecule has 5 rings (SSSR count). The molecule has 1 aliphatic heterocycles. The second-order valence-electron chi connectivity index (χ2n) is 9.21. The number of carbonyl (C=O) groups excluding carboxylic acids is 1. The van der Waals surface area contributed by atoms with Gasteiger partial charge < -0.3 is 10.6 Å². The third kappa shape index (κ3) is 5.35. The number of anilines is 1. The zero-order chi connectivity index (χ0) is 26.2. The molecule has 1 saturated heterocycles. The Labute approximate surface area is 220 Å². The largest absolute Gasteiger partial charge is 0.322 e. The minimum atomic E-state index is -3.65. The zero-order valence-electron chi connectivity index (χ0n) is 20.3. The lowest BCUT2D eigenvalue weighted by atomic mass is 10.1. The van der Waals surface area contributed by atoms with E-state index >= 15 is 0 Å². The van der Waals surface area contributed by atoms with Crippen molar-refractivity contribution in [3.63, 3.8) is 0 Å². The van der Waals surface area contributed by atoms with Crippen molar-refractivity contribution in [1.29, 1.82) is 0 Å². The number of sulfonamides is 1. The summed E-state index contributed by atoms with van der Waals surface area (Å²) in [4.78, 5) is 22.2. The minimum Gasteiger partial charge on any atom is -0.322 e. The third-order valence-corrected chi connectivity index (χ3v) is 8.40. The van der Waals surface area contributed by atoms with Crippen LogP contribution in [0.1, 0.15) is 24.2 Å². The number of aromatic nitrogens is 2. The maximum Gasteiger partial charge on any atom is 0.255 e. The fraction of sp³-hybridized carbons (Fsp3) is 0.222. The number of halogens is 1. The van der Waals surface area contributed by atoms with Crippen molar-refractivity contribution in [2.45, 2.75) is 30.8 Å². The van der Waals surface area contributed by atoms with Crippen LogP contribution >= 0.6 is 11.6 Å². The molecule has 2 N–H and O–H groups in total. The molecular formula is C27H26ClN5O3S. The second-order valence-corrected chi connectivity index (χ2v) is 11.6. The maximum absolute atomic E-state index is 13.1. The molecule has 2 heterocycles. The van der Waals surface area contributed by atoms with Crippen LogP contribution in [0.2, 0.25) is 5.02 Å². The summed E-state index contributed by atoms with van der Waals surface area (Å²) in [7, 11) is -3.65. The highest BCUT2D eigenvalue weighted by molar-refractivity contribution is 7.89. The summed E-state index contributed by atoms with van der Waals surface area (Å²) in [6.45, 7) is 4.71. The predicted octanol–water partition coefficient (Wildman–Crippen LogP) is 4.57. The van der Waals surface area contributed by atoms with Crippen molar-refractivity contribution in [2.75, 3.05) is 18.4 Å². The van der Waals surface area contributed by atoms with Crippen LogP contribution in [0.25, 0.3) is 22.3 Å². The Kier molecular flexibility index (Phi) is 6.96. The van der Waals surface area contributed by atoms with Crippen molar-refractivity contribution in [3.05, 3.63) is 83.5 Å². The molecule has 2 unspecified atom stereocenters. The van der Waals surface area contributed by atoms with Crippen LogP contribution in [0.15, 0.2) is 77.8 Å². The van der Waals surface area contributed by atoms with E-state index in [9.17, 15) is 13.2 Å². The summed E-state index contributed by atoms with van der Waals surface area (Å²) >= 11 is 6.43. The first-order valence-corrected chi connectivity index (χ1v) is 13.7. The summed E-state index contributed by atoms with van der Waals surface area (Å²) in [6.07, 6.45) is 1.65. The van der Waals surface area contributed by atoms with Crippen molar-refractivity contribution in [3.8, 4) is 11.3 Å². The van der Waals surface area contributed by atoms with Gasteiger partial charge in [0.15, 0.2) is 0 Å². The summed E-state index contributed by atoms with van der Waals surface area (Å²) in [5.41, 5.74) is 3.61. The molecule has 8 nitrogen and oxygen atoms in total. The van der Waals surface area contributed by atoms with E-state index in [0.717, 1.165) is 11.0 Å². The zero-order valence-corrected chi connectivity index (χ0v) is 21.9. The molecule has 2 atom stereocenters. The SMILES string of the molecule is CC1CN(S(=O)(=O)c2ccc(C(=O)Nc3ccc(Cl)c(-c4cnc5ccccc5n4)c3)cc2)CC(C)N1. The second kappa shape index (κ2) is 10.2. The smallest absolute Gasteiger partial charge is 0.255 e. The molecule has 0 aliphatic carbocycles. The van der Waals surface area contributed by atoms with Crippen molar-refractivity contribution >= 4 is 44.3 Å². The first kappa shape index (κ1) is 25.3. The number of fused-ring (bicyclic) bond motifs is 1. The van der Waals surface area contributed by atoms with E-state index < -0.39 is 10.0 Å². The van der Waals surface area contributed by atoms with E-state index in [1.807, 2.05) is 38.1 Å².